The Kier molecular flexibility index (Phi) is 3.18. The Balaban J connectivity index is 2.11. The van der Waals surface area contributed by atoms with E-state index in [1.54, 1.807) is 0 Å². The lowest BCUT2D eigenvalue weighted by atomic mass is 10.4. The maximum absolute atomic E-state index is 4.40. The van der Waals surface area contributed by atoms with Crippen LogP contribution in [0, 0.1) is 0 Å². The number of hydrogen-bond donors (Lipinski definition) is 2. The number of hydrogen-bond acceptors (Lipinski definition) is 5. The number of rotatable bonds is 4. The van der Waals surface area contributed by atoms with Gasteiger partial charge in [0.15, 0.2) is 5.16 Å². The molecule has 0 radical (unpaired) electrons. The largest absolute Gasteiger partial charge is 0.370 e. The lowest BCUT2D eigenvalue weighted by Gasteiger charge is -2.03. The maximum Gasteiger partial charge on any atom is 0.189 e. The van der Waals surface area contributed by atoms with Crippen molar-refractivity contribution in [1.82, 2.24) is 20.2 Å². The highest BCUT2D eigenvalue weighted by Gasteiger charge is 2.01. The average Bonchev–Trinajstić information content (AvgIpc) is 2.71. The summed E-state index contributed by atoms with van der Waals surface area (Å²) in [5.41, 5.74) is 0. The minimum Gasteiger partial charge on any atom is -0.370 e. The lowest BCUT2D eigenvalue weighted by Crippen LogP contribution is -1.98. The number of aromatic nitrogens is 4. The first kappa shape index (κ1) is 9.97. The van der Waals surface area contributed by atoms with Crippen molar-refractivity contribution in [1.29, 1.82) is 0 Å². The third kappa shape index (κ3) is 2.69. The van der Waals surface area contributed by atoms with E-state index in [0.29, 0.717) is 0 Å². The first-order valence-corrected chi connectivity index (χ1v) is 5.44. The molecule has 78 valence electrons. The molecular weight excluding hydrogens is 210 g/mol. The smallest absolute Gasteiger partial charge is 0.189 e. The quantitative estimate of drug-likeness (QED) is 0.823. The molecule has 2 aromatic heterocycles. The number of H-pyrrole nitrogens is 1. The van der Waals surface area contributed by atoms with Gasteiger partial charge in [-0.05, 0) is 30.8 Å². The third-order valence-corrected chi connectivity index (χ3v) is 2.50. The van der Waals surface area contributed by atoms with E-state index in [1.165, 1.54) is 18.1 Å². The van der Waals surface area contributed by atoms with Crippen molar-refractivity contribution in [3.63, 3.8) is 0 Å². The van der Waals surface area contributed by atoms with Gasteiger partial charge in [0.25, 0.3) is 0 Å². The second-order valence-electron chi connectivity index (χ2n) is 2.78. The van der Waals surface area contributed by atoms with E-state index in [-0.39, 0.29) is 0 Å². The summed E-state index contributed by atoms with van der Waals surface area (Å²) in [6.45, 7) is 2.90. The first-order valence-electron chi connectivity index (χ1n) is 4.62. The van der Waals surface area contributed by atoms with E-state index in [4.69, 9.17) is 0 Å². The molecule has 0 saturated heterocycles. The monoisotopic (exact) mass is 221 g/mol. The van der Waals surface area contributed by atoms with E-state index in [0.717, 1.165) is 22.5 Å². The molecule has 0 fully saturated rings. The first-order chi connectivity index (χ1) is 7.38. The summed E-state index contributed by atoms with van der Waals surface area (Å²) in [4.78, 5) is 8.42. The van der Waals surface area contributed by atoms with Crippen molar-refractivity contribution < 1.29 is 0 Å². The molecule has 15 heavy (non-hydrogen) atoms. The Bertz CT molecular complexity index is 414. The number of nitrogens with zero attached hydrogens (tertiary/aromatic N) is 3. The highest BCUT2D eigenvalue weighted by Crippen LogP contribution is 2.22. The van der Waals surface area contributed by atoms with Gasteiger partial charge in [0.1, 0.15) is 17.2 Å². The van der Waals surface area contributed by atoms with Gasteiger partial charge in [-0.1, -0.05) is 6.07 Å². The molecule has 2 N–H and O–H groups in total. The van der Waals surface area contributed by atoms with Crippen molar-refractivity contribution >= 4 is 17.6 Å². The number of anilines is 1. The topological polar surface area (TPSA) is 66.5 Å². The van der Waals surface area contributed by atoms with Crippen LogP contribution in [0.25, 0.3) is 0 Å². The van der Waals surface area contributed by atoms with Crippen LogP contribution in [0.4, 0.5) is 5.82 Å². The summed E-state index contributed by atoms with van der Waals surface area (Å²) in [6, 6.07) is 5.84. The number of pyridine rings is 1. The van der Waals surface area contributed by atoms with Crippen LogP contribution < -0.4 is 5.32 Å². The molecule has 0 atom stereocenters. The standard InChI is InChI=1S/C9H11N5S/c1-2-10-7-4-3-5-8(13-7)15-9-11-6-12-14-9/h3-6H,2H2,1H3,(H,10,13)(H,11,12,14). The zero-order valence-electron chi connectivity index (χ0n) is 8.27. The fraction of sp³-hybridized carbons (Fsp3) is 0.222. The number of aromatic amines is 1. The molecule has 0 aliphatic heterocycles. The van der Waals surface area contributed by atoms with Crippen LogP contribution in [0.5, 0.6) is 0 Å². The molecule has 0 amide bonds. The van der Waals surface area contributed by atoms with Gasteiger partial charge in [-0.3, -0.25) is 5.10 Å². The predicted octanol–water partition coefficient (Wildman–Crippen LogP) is 1.78. The van der Waals surface area contributed by atoms with Gasteiger partial charge < -0.3 is 5.32 Å². The van der Waals surface area contributed by atoms with E-state index in [9.17, 15) is 0 Å². The Labute approximate surface area is 91.7 Å². The zero-order valence-corrected chi connectivity index (χ0v) is 9.08. The summed E-state index contributed by atoms with van der Waals surface area (Å²) >= 11 is 1.45. The van der Waals surface area contributed by atoms with Crippen molar-refractivity contribution in [2.24, 2.45) is 0 Å². The van der Waals surface area contributed by atoms with Crippen molar-refractivity contribution in [3.05, 3.63) is 24.5 Å². The molecule has 2 rings (SSSR count). The normalized spacial score (nSPS) is 10.2. The number of nitrogens with one attached hydrogen (secondary N) is 2. The molecule has 0 aliphatic rings. The van der Waals surface area contributed by atoms with E-state index in [2.05, 4.69) is 25.5 Å². The van der Waals surface area contributed by atoms with Crippen molar-refractivity contribution in [3.8, 4) is 0 Å². The molecule has 0 saturated carbocycles. The summed E-state index contributed by atoms with van der Waals surface area (Å²) in [5.74, 6) is 0.877. The van der Waals surface area contributed by atoms with Gasteiger partial charge in [0.05, 0.1) is 0 Å². The summed E-state index contributed by atoms with van der Waals surface area (Å²) in [6.07, 6.45) is 1.48. The van der Waals surface area contributed by atoms with Crippen LogP contribution in [0.15, 0.2) is 34.7 Å². The molecule has 2 heterocycles. The zero-order chi connectivity index (χ0) is 10.5. The molecule has 0 spiro atoms. The van der Waals surface area contributed by atoms with Gasteiger partial charge in [0.2, 0.25) is 0 Å². The minimum atomic E-state index is 0.746. The van der Waals surface area contributed by atoms with E-state index in [1.807, 2.05) is 25.1 Å². The SMILES string of the molecule is CCNc1cccc(Sc2ncn[nH]2)n1. The van der Waals surface area contributed by atoms with Crippen LogP contribution in [-0.2, 0) is 0 Å². The highest BCUT2D eigenvalue weighted by atomic mass is 32.2. The van der Waals surface area contributed by atoms with Crippen molar-refractivity contribution in [2.45, 2.75) is 17.1 Å². The Hall–Kier alpha value is -1.56. The summed E-state index contributed by atoms with van der Waals surface area (Å²) < 4.78 is 0. The van der Waals surface area contributed by atoms with Gasteiger partial charge in [-0.2, -0.15) is 5.10 Å². The molecule has 0 bridgehead atoms. The summed E-state index contributed by atoms with van der Waals surface area (Å²) in [5, 5.41) is 11.4. The second-order valence-corrected chi connectivity index (χ2v) is 3.79. The Morgan fingerprint density at radius 3 is 3.13 bits per heavy atom. The third-order valence-electron chi connectivity index (χ3n) is 1.68. The van der Waals surface area contributed by atoms with Crippen LogP contribution in [-0.4, -0.2) is 26.7 Å². The molecule has 0 aromatic carbocycles. The average molecular weight is 221 g/mol. The van der Waals surface area contributed by atoms with Gasteiger partial charge >= 0.3 is 0 Å². The van der Waals surface area contributed by atoms with Gasteiger partial charge in [0, 0.05) is 6.54 Å². The maximum atomic E-state index is 4.40. The molecule has 5 nitrogen and oxygen atoms in total. The minimum absolute atomic E-state index is 0.746. The Morgan fingerprint density at radius 1 is 1.47 bits per heavy atom. The van der Waals surface area contributed by atoms with Gasteiger partial charge in [-0.15, -0.1) is 0 Å². The van der Waals surface area contributed by atoms with Crippen molar-refractivity contribution in [2.75, 3.05) is 11.9 Å². The molecule has 0 aliphatic carbocycles. The second kappa shape index (κ2) is 4.79. The summed E-state index contributed by atoms with van der Waals surface area (Å²) in [7, 11) is 0. The van der Waals surface area contributed by atoms with E-state index < -0.39 is 0 Å². The van der Waals surface area contributed by atoms with Crippen LogP contribution in [0.1, 0.15) is 6.92 Å². The molecular formula is C9H11N5S. The molecule has 2 aromatic rings. The highest BCUT2D eigenvalue weighted by molar-refractivity contribution is 7.99. The van der Waals surface area contributed by atoms with Crippen LogP contribution in [0.3, 0.4) is 0 Å². The van der Waals surface area contributed by atoms with Crippen LogP contribution >= 0.6 is 11.8 Å². The molecule has 6 heteroatoms. The fourth-order valence-electron chi connectivity index (χ4n) is 1.09. The fourth-order valence-corrected chi connectivity index (χ4v) is 1.78. The predicted molar refractivity (Wildman–Crippen MR) is 58.9 cm³/mol. The van der Waals surface area contributed by atoms with Crippen LogP contribution in [0.2, 0.25) is 0 Å². The Morgan fingerprint density at radius 2 is 2.40 bits per heavy atom. The lowest BCUT2D eigenvalue weighted by molar-refractivity contribution is 0.967. The molecule has 0 unspecified atom stereocenters. The van der Waals surface area contributed by atoms with E-state index >= 15 is 0 Å². The van der Waals surface area contributed by atoms with Gasteiger partial charge in [-0.25, -0.2) is 9.97 Å².